The molecule has 0 aromatic carbocycles. The molecule has 43 nitrogen and oxygen atoms in total. The summed E-state index contributed by atoms with van der Waals surface area (Å²) in [6.45, 7) is 25.5. The Bertz CT molecular complexity index is 3300. The van der Waals surface area contributed by atoms with Gasteiger partial charge in [0.1, 0.15) is 17.3 Å². The van der Waals surface area contributed by atoms with Gasteiger partial charge in [0.25, 0.3) is 0 Å². The first-order valence-electron chi connectivity index (χ1n) is 52.3. The van der Waals surface area contributed by atoms with Crippen LogP contribution in [0.25, 0.3) is 0 Å². The van der Waals surface area contributed by atoms with E-state index in [1.54, 1.807) is 35.4 Å². The van der Waals surface area contributed by atoms with Crippen molar-refractivity contribution >= 4 is 145 Å². The van der Waals surface area contributed by atoms with Gasteiger partial charge in [-0.25, -0.2) is 4.57 Å². The number of ketones is 3. The highest BCUT2D eigenvalue weighted by molar-refractivity contribution is 8.97. The van der Waals surface area contributed by atoms with Crippen LogP contribution < -0.4 is 16.0 Å². The molecular formula is C95H181N5O38P8S2. The summed E-state index contributed by atoms with van der Waals surface area (Å²) in [5.74, 6) is -1.24. The number of imide groups is 2. The summed E-state index contributed by atoms with van der Waals surface area (Å²) in [5.41, 5.74) is -0.339. The minimum Gasteiger partial charge on any atom is -0.379 e. The topological polar surface area (TPSA) is 491 Å². The zero-order valence-corrected chi connectivity index (χ0v) is 98.0. The minimum atomic E-state index is -3.92. The third-order valence-corrected chi connectivity index (χ3v) is 51.0. The Balaban J connectivity index is 1.19. The Morgan fingerprint density at radius 3 is 0.993 bits per heavy atom. The molecule has 0 saturated carbocycles. The van der Waals surface area contributed by atoms with E-state index in [9.17, 15) is 57.4 Å². The lowest BCUT2D eigenvalue weighted by atomic mass is 9.94. The molecule has 7 amide bonds. The summed E-state index contributed by atoms with van der Waals surface area (Å²) in [7, 11) is 9.70. The number of unbranched alkanes of at least 4 members (excludes halogenated alkanes) is 8. The van der Waals surface area contributed by atoms with E-state index in [1.165, 1.54) is 4.90 Å². The predicted octanol–water partition coefficient (Wildman–Crippen LogP) is 9.74. The standard InChI is InChI=1S/C95H181N5O38P8S2/c1-3-137-146(111,112)138-30-14-8-4-5-9-17-85(101)21-31-114-33-35-116-37-39-118-41-43-120-45-47-122-49-51-124-53-55-126-57-59-128-61-63-130-65-67-132-69-71-134-73-75-136-77-76-135-74-72-133-70-68-131-66-64-129-62-60-127-58-56-125-54-52-123-50-48-121-46-44-119-42-40-117-38-36-115-34-32-113-29-15-18-86(102)22-78-147-148-79-23-90(105)97-24-11-6-7-12-26-98-93(108)84(81-87(103)19-27-99-91(106)80-83(2)94(99)109)16-10-13-25-96-89(104)20-28-100-92(107)82-88(95(100)110)143(144(139)140)145(141)142/h83-84,88H,3-82,139-142H2,1-2H3,(H,96,104)(H,97,105)(H,98,108)(H,111,112)/t83?,84-,88?/m1/s1. The zero-order chi connectivity index (χ0) is 107. The van der Waals surface area contributed by atoms with Crippen molar-refractivity contribution in [1.82, 2.24) is 25.8 Å². The van der Waals surface area contributed by atoms with Crippen LogP contribution in [-0.2, 0) is 175 Å². The number of hydrogen-bond acceptors (Lipinski definition) is 39. The molecule has 7 unspecified atom stereocenters. The molecule has 0 aromatic heterocycles. The van der Waals surface area contributed by atoms with Crippen molar-refractivity contribution in [3.8, 4) is 0 Å². The van der Waals surface area contributed by atoms with Crippen molar-refractivity contribution in [2.45, 2.75) is 167 Å². The van der Waals surface area contributed by atoms with E-state index in [4.69, 9.17) is 118 Å². The summed E-state index contributed by atoms with van der Waals surface area (Å²) in [5, 5.41) is 8.79. The number of phosphoric acid groups is 1. The number of nitrogens with zero attached hydrogens (tertiary/aromatic N) is 2. The van der Waals surface area contributed by atoms with Gasteiger partial charge in [-0.15, -0.1) is 35.7 Å². The molecule has 53 heteroatoms. The van der Waals surface area contributed by atoms with Crippen molar-refractivity contribution in [3.05, 3.63) is 0 Å². The summed E-state index contributed by atoms with van der Waals surface area (Å²) < 4.78 is 154. The lowest BCUT2D eigenvalue weighted by Gasteiger charge is -2.29. The highest BCUT2D eigenvalue weighted by atomic mass is 33.1. The molecule has 0 bridgehead atoms. The van der Waals surface area contributed by atoms with Gasteiger partial charge in [0.05, 0.1) is 329 Å². The number of carbonyl (C=O) groups is 10. The highest BCUT2D eigenvalue weighted by Gasteiger charge is 2.45. The smallest absolute Gasteiger partial charge is 0.379 e. The number of rotatable bonds is 118. The van der Waals surface area contributed by atoms with E-state index in [0.717, 1.165) is 49.8 Å². The number of amides is 7. The van der Waals surface area contributed by atoms with Crippen LogP contribution in [0.15, 0.2) is 0 Å². The molecule has 0 spiro atoms. The van der Waals surface area contributed by atoms with Crippen LogP contribution in [0.5, 0.6) is 0 Å². The second-order valence-electron chi connectivity index (χ2n) is 33.5. The van der Waals surface area contributed by atoms with Crippen molar-refractivity contribution in [1.29, 1.82) is 0 Å². The van der Waals surface area contributed by atoms with Gasteiger partial charge in [0, 0.05) is 127 Å². The number of likely N-dealkylation sites (tertiary alicyclic amines) is 2. The quantitative estimate of drug-likeness (QED) is 0.0190. The third-order valence-electron chi connectivity index (χ3n) is 21.4. The SMILES string of the molecule is CCOP(=O)(O)OCCCCCCCC(=O)CCOCCOCCOCCOCCOCCOCCOCCOCCOCCOCCOCCOCCOCCOCCOCCOCCOCCOCCOCCOCCOCCOCCOCCOCCCC(=O)CCSSCCC(=O)NCCCCCCNC(=O)[C@H](CCCCNC(=O)CCN1C(=O)CC(P(P(P)P)P(P)P)C1=O)CC(=O)CCN1C(=O)CC(C)C1=O. The second-order valence-corrected chi connectivity index (χ2v) is 62.2. The summed E-state index contributed by atoms with van der Waals surface area (Å²) >= 11 is 0. The minimum absolute atomic E-state index is 0.0111. The van der Waals surface area contributed by atoms with E-state index in [2.05, 4.69) is 56.2 Å². The molecule has 2 fully saturated rings. The fraction of sp³-hybridized carbons (Fsp3) is 0.895. The molecule has 4 N–H and O–H groups in total. The molecule has 2 rings (SSSR count). The maximum absolute atomic E-state index is 13.5. The summed E-state index contributed by atoms with van der Waals surface area (Å²) in [6, 6.07) is 0. The van der Waals surface area contributed by atoms with E-state index in [1.807, 2.05) is 0 Å². The molecule has 2 saturated heterocycles. The molecule has 0 radical (unpaired) electrons. The van der Waals surface area contributed by atoms with E-state index < -0.39 is 40.9 Å². The number of hydrogen-bond donors (Lipinski definition) is 4. The summed E-state index contributed by atoms with van der Waals surface area (Å²) in [6.07, 6.45) is 11.8. The van der Waals surface area contributed by atoms with Crippen LogP contribution in [0.3, 0.4) is 0 Å². The Kier molecular flexibility index (Phi) is 102. The molecule has 8 atom stereocenters. The fourth-order valence-electron chi connectivity index (χ4n) is 13.6. The van der Waals surface area contributed by atoms with Gasteiger partial charge < -0.3 is 135 Å². The molecule has 2 aliphatic heterocycles. The van der Waals surface area contributed by atoms with Gasteiger partial charge in [-0.05, 0) is 73.1 Å². The van der Waals surface area contributed by atoms with Gasteiger partial charge in [0.2, 0.25) is 41.4 Å². The maximum Gasteiger partial charge on any atom is 0.472 e. The fourth-order valence-corrected chi connectivity index (χ4v) is 55.3. The van der Waals surface area contributed by atoms with Crippen molar-refractivity contribution in [2.24, 2.45) is 11.8 Å². The van der Waals surface area contributed by atoms with E-state index in [0.29, 0.717) is 419 Å². The van der Waals surface area contributed by atoms with Gasteiger partial charge in [-0.2, -0.15) is 0 Å². The van der Waals surface area contributed by atoms with Gasteiger partial charge in [-0.1, -0.05) is 67.0 Å². The molecule has 2 aliphatic rings. The molecule has 866 valence electrons. The summed E-state index contributed by atoms with van der Waals surface area (Å²) in [4.78, 5) is 139. The largest absolute Gasteiger partial charge is 0.472 e. The first kappa shape index (κ1) is 143. The van der Waals surface area contributed by atoms with E-state index in [-0.39, 0.29) is 123 Å². The number of nitrogens with one attached hydrogen (secondary N) is 3. The highest BCUT2D eigenvalue weighted by Crippen LogP contribution is 2.99. The van der Waals surface area contributed by atoms with Crippen LogP contribution in [0, 0.1) is 11.8 Å². The normalized spacial score (nSPS) is 14.6. The first-order chi connectivity index (χ1) is 72.2. The van der Waals surface area contributed by atoms with Crippen LogP contribution in [0.2, 0.25) is 0 Å². The van der Waals surface area contributed by atoms with Crippen LogP contribution in [-0.4, -0.2) is 454 Å². The third kappa shape index (κ3) is 89.4. The first-order valence-corrected chi connectivity index (χ1v) is 68.3. The molecule has 148 heavy (non-hydrogen) atoms. The van der Waals surface area contributed by atoms with E-state index >= 15 is 0 Å². The van der Waals surface area contributed by atoms with Gasteiger partial charge in [-0.3, -0.25) is 66.8 Å². The number of phosphoric ester groups is 1. The van der Waals surface area contributed by atoms with Crippen LogP contribution in [0.1, 0.15) is 162 Å². The van der Waals surface area contributed by atoms with Crippen molar-refractivity contribution in [3.63, 3.8) is 0 Å². The Morgan fingerprint density at radius 1 is 0.331 bits per heavy atom. The Morgan fingerprint density at radius 2 is 0.628 bits per heavy atom. The number of carbonyl (C=O) groups excluding carboxylic acids is 10. The second kappa shape index (κ2) is 106. The lowest BCUT2D eigenvalue weighted by molar-refractivity contribution is -0.141. The number of ether oxygens (including phenoxy) is 24. The molecule has 0 aliphatic carbocycles. The van der Waals surface area contributed by atoms with Crippen molar-refractivity contribution < 1.29 is 180 Å². The van der Waals surface area contributed by atoms with Gasteiger partial charge >= 0.3 is 7.82 Å². The van der Waals surface area contributed by atoms with Crippen molar-refractivity contribution in [2.75, 3.05) is 375 Å². The maximum atomic E-state index is 13.5. The molecular weight excluding hydrogens is 2130 g/mol. The predicted molar refractivity (Wildman–Crippen MR) is 582 cm³/mol. The Hall–Kier alpha value is -1.44. The average Bonchev–Trinajstić information content (AvgIpc) is 1.66. The van der Waals surface area contributed by atoms with Crippen LogP contribution in [0.4, 0.5) is 0 Å². The molecule has 0 aromatic rings. The number of Topliss-reactive ketones (excluding diaryl/α,β-unsaturated/α-hetero) is 3. The van der Waals surface area contributed by atoms with Gasteiger partial charge in [0.15, 0.2) is 0 Å². The average molecular weight is 2310 g/mol. The zero-order valence-electron chi connectivity index (χ0n) is 88.2. The lowest BCUT2D eigenvalue weighted by Crippen LogP contribution is -2.36. The molecule has 2 heterocycles. The van der Waals surface area contributed by atoms with Crippen LogP contribution >= 0.6 is 86.4 Å². The monoisotopic (exact) mass is 2310 g/mol. The Labute approximate surface area is 899 Å².